The normalized spacial score (nSPS) is 16.4. The maximum absolute atomic E-state index is 11.7. The summed E-state index contributed by atoms with van der Waals surface area (Å²) in [6, 6.07) is 3.44. The van der Waals surface area contributed by atoms with E-state index < -0.39 is 18.0 Å². The van der Waals surface area contributed by atoms with Gasteiger partial charge >= 0.3 is 5.97 Å². The highest BCUT2D eigenvalue weighted by molar-refractivity contribution is 9.10. The van der Waals surface area contributed by atoms with Crippen molar-refractivity contribution in [1.82, 2.24) is 0 Å². The quantitative estimate of drug-likeness (QED) is 0.850. The number of carbonyl (C=O) groups is 1. The summed E-state index contributed by atoms with van der Waals surface area (Å²) in [5.74, 6) is 0.165. The lowest BCUT2D eigenvalue weighted by Crippen LogP contribution is -2.23. The van der Waals surface area contributed by atoms with Crippen LogP contribution in [-0.2, 0) is 9.53 Å². The van der Waals surface area contributed by atoms with Gasteiger partial charge < -0.3 is 19.3 Å². The number of halogens is 1. The zero-order valence-electron chi connectivity index (χ0n) is 11.4. The van der Waals surface area contributed by atoms with Crippen LogP contribution < -0.4 is 9.47 Å². The van der Waals surface area contributed by atoms with E-state index in [4.69, 9.17) is 14.2 Å². The number of esters is 1. The van der Waals surface area contributed by atoms with E-state index in [1.807, 2.05) is 6.92 Å². The largest absolute Gasteiger partial charge is 0.486 e. The minimum atomic E-state index is -0.945. The fraction of sp³-hybridized carbons (Fsp3) is 0.500. The van der Waals surface area contributed by atoms with Gasteiger partial charge in [-0.1, -0.05) is 6.92 Å². The van der Waals surface area contributed by atoms with Crippen LogP contribution in [0.3, 0.4) is 0 Å². The first-order valence-corrected chi connectivity index (χ1v) is 7.22. The van der Waals surface area contributed by atoms with Gasteiger partial charge in [-0.25, -0.2) is 0 Å². The molecule has 110 valence electrons. The van der Waals surface area contributed by atoms with Gasteiger partial charge in [0.2, 0.25) is 0 Å². The molecule has 0 bridgehead atoms. The first kappa shape index (κ1) is 15.1. The summed E-state index contributed by atoms with van der Waals surface area (Å²) in [6.07, 6.45) is -0.459. The topological polar surface area (TPSA) is 65.0 Å². The van der Waals surface area contributed by atoms with Crippen molar-refractivity contribution in [2.75, 3.05) is 20.3 Å². The molecular weight excluding hydrogens is 328 g/mol. The Morgan fingerprint density at radius 3 is 2.80 bits per heavy atom. The van der Waals surface area contributed by atoms with Crippen molar-refractivity contribution in [3.8, 4) is 11.5 Å². The van der Waals surface area contributed by atoms with Gasteiger partial charge in [-0.3, -0.25) is 4.79 Å². The van der Waals surface area contributed by atoms with E-state index in [9.17, 15) is 9.90 Å². The summed E-state index contributed by atoms with van der Waals surface area (Å²) >= 11 is 3.39. The summed E-state index contributed by atoms with van der Waals surface area (Å²) < 4.78 is 16.4. The van der Waals surface area contributed by atoms with Gasteiger partial charge in [0, 0.05) is 0 Å². The van der Waals surface area contributed by atoms with Crippen LogP contribution in [-0.4, -0.2) is 31.4 Å². The van der Waals surface area contributed by atoms with Crippen molar-refractivity contribution < 1.29 is 24.1 Å². The molecule has 0 radical (unpaired) electrons. The number of aliphatic hydroxyl groups is 1. The van der Waals surface area contributed by atoms with Crippen molar-refractivity contribution in [2.45, 2.75) is 19.4 Å². The number of hydrogen-bond acceptors (Lipinski definition) is 5. The molecule has 0 amide bonds. The molecular formula is C14H17BrO5. The molecule has 1 aromatic rings. The number of hydrogen-bond donors (Lipinski definition) is 1. The van der Waals surface area contributed by atoms with E-state index in [2.05, 4.69) is 15.9 Å². The van der Waals surface area contributed by atoms with Crippen molar-refractivity contribution >= 4 is 21.9 Å². The molecule has 1 aliphatic heterocycles. The van der Waals surface area contributed by atoms with E-state index in [1.54, 1.807) is 12.1 Å². The van der Waals surface area contributed by atoms with Gasteiger partial charge in [-0.15, -0.1) is 0 Å². The monoisotopic (exact) mass is 344 g/mol. The molecule has 1 N–H and O–H groups in total. The average Bonchev–Trinajstić information content (AvgIpc) is 2.47. The summed E-state index contributed by atoms with van der Waals surface area (Å²) in [6.45, 7) is 2.79. The highest BCUT2D eigenvalue weighted by Gasteiger charge is 2.29. The molecule has 0 fully saturated rings. The molecule has 2 rings (SSSR count). The Balaban J connectivity index is 2.32. The standard InChI is InChI=1S/C14H17BrO5/c1-3-9(14(17)18-2)12(16)8-6-10(15)13-11(7-8)19-4-5-20-13/h6-7,9,12,16H,3-5H2,1-2H3. The predicted molar refractivity (Wildman–Crippen MR) is 75.9 cm³/mol. The van der Waals surface area contributed by atoms with E-state index in [0.29, 0.717) is 41.2 Å². The van der Waals surface area contributed by atoms with Gasteiger partial charge in [0.1, 0.15) is 13.2 Å². The van der Waals surface area contributed by atoms with Crippen LogP contribution in [0, 0.1) is 5.92 Å². The van der Waals surface area contributed by atoms with Crippen molar-refractivity contribution in [3.05, 3.63) is 22.2 Å². The van der Waals surface area contributed by atoms with Gasteiger partial charge in [0.15, 0.2) is 11.5 Å². The molecule has 0 spiro atoms. The third kappa shape index (κ3) is 2.91. The number of rotatable bonds is 4. The second kappa shape index (κ2) is 6.45. The zero-order valence-corrected chi connectivity index (χ0v) is 13.0. The minimum Gasteiger partial charge on any atom is -0.486 e. The molecule has 1 heterocycles. The number of methoxy groups -OCH3 is 1. The van der Waals surface area contributed by atoms with Gasteiger partial charge in [-0.05, 0) is 40.0 Å². The number of benzene rings is 1. The van der Waals surface area contributed by atoms with Crippen molar-refractivity contribution in [1.29, 1.82) is 0 Å². The van der Waals surface area contributed by atoms with Crippen molar-refractivity contribution in [2.24, 2.45) is 5.92 Å². The van der Waals surface area contributed by atoms with E-state index in [-0.39, 0.29) is 0 Å². The molecule has 1 aliphatic rings. The number of ether oxygens (including phenoxy) is 3. The zero-order chi connectivity index (χ0) is 14.7. The van der Waals surface area contributed by atoms with Crippen LogP contribution in [0.5, 0.6) is 11.5 Å². The lowest BCUT2D eigenvalue weighted by Gasteiger charge is -2.24. The van der Waals surface area contributed by atoms with E-state index in [1.165, 1.54) is 7.11 Å². The second-order valence-electron chi connectivity index (χ2n) is 4.51. The molecule has 6 heteroatoms. The van der Waals surface area contributed by atoms with Crippen LogP contribution in [0.2, 0.25) is 0 Å². The highest BCUT2D eigenvalue weighted by Crippen LogP contribution is 2.41. The lowest BCUT2D eigenvalue weighted by molar-refractivity contribution is -0.149. The molecule has 2 unspecified atom stereocenters. The Hall–Kier alpha value is -1.27. The molecule has 0 saturated carbocycles. The van der Waals surface area contributed by atoms with E-state index in [0.717, 1.165) is 0 Å². The predicted octanol–water partition coefficient (Wildman–Crippen LogP) is 2.45. The highest BCUT2D eigenvalue weighted by atomic mass is 79.9. The molecule has 0 aliphatic carbocycles. The minimum absolute atomic E-state index is 0.425. The number of fused-ring (bicyclic) bond motifs is 1. The first-order chi connectivity index (χ1) is 9.58. The molecule has 0 saturated heterocycles. The summed E-state index contributed by atoms with van der Waals surface area (Å²) in [7, 11) is 1.32. The average molecular weight is 345 g/mol. The maximum atomic E-state index is 11.7. The van der Waals surface area contributed by atoms with Crippen LogP contribution in [0.4, 0.5) is 0 Å². The SMILES string of the molecule is CCC(C(=O)OC)C(O)c1cc(Br)c2c(c1)OCCO2. The Labute approximate surface area is 126 Å². The molecule has 20 heavy (non-hydrogen) atoms. The Kier molecular flexibility index (Phi) is 4.88. The fourth-order valence-electron chi connectivity index (χ4n) is 2.20. The van der Waals surface area contributed by atoms with Crippen LogP contribution in [0.25, 0.3) is 0 Å². The van der Waals surface area contributed by atoms with Crippen LogP contribution in [0.15, 0.2) is 16.6 Å². The summed E-state index contributed by atoms with van der Waals surface area (Å²) in [5.41, 5.74) is 0.596. The van der Waals surface area contributed by atoms with Gasteiger partial charge in [-0.2, -0.15) is 0 Å². The third-order valence-electron chi connectivity index (χ3n) is 3.29. The first-order valence-electron chi connectivity index (χ1n) is 6.43. The molecule has 2 atom stereocenters. The van der Waals surface area contributed by atoms with Crippen LogP contribution >= 0.6 is 15.9 Å². The Morgan fingerprint density at radius 2 is 2.15 bits per heavy atom. The Morgan fingerprint density at radius 1 is 1.45 bits per heavy atom. The number of carbonyl (C=O) groups excluding carboxylic acids is 1. The number of aliphatic hydroxyl groups excluding tert-OH is 1. The van der Waals surface area contributed by atoms with Gasteiger partial charge in [0.05, 0.1) is 23.6 Å². The summed E-state index contributed by atoms with van der Waals surface area (Å²) in [4.78, 5) is 11.7. The van der Waals surface area contributed by atoms with E-state index >= 15 is 0 Å². The third-order valence-corrected chi connectivity index (χ3v) is 3.87. The van der Waals surface area contributed by atoms with Crippen LogP contribution in [0.1, 0.15) is 25.0 Å². The second-order valence-corrected chi connectivity index (χ2v) is 5.36. The van der Waals surface area contributed by atoms with Crippen molar-refractivity contribution in [3.63, 3.8) is 0 Å². The smallest absolute Gasteiger partial charge is 0.311 e. The molecule has 0 aromatic heterocycles. The molecule has 5 nitrogen and oxygen atoms in total. The van der Waals surface area contributed by atoms with Gasteiger partial charge in [0.25, 0.3) is 0 Å². The maximum Gasteiger partial charge on any atom is 0.311 e. The lowest BCUT2D eigenvalue weighted by atomic mass is 9.93. The molecule has 1 aromatic carbocycles. The Bertz CT molecular complexity index is 503. The fourth-order valence-corrected chi connectivity index (χ4v) is 2.78. The summed E-state index contributed by atoms with van der Waals surface area (Å²) in [5, 5.41) is 10.4.